The van der Waals surface area contributed by atoms with E-state index in [0.29, 0.717) is 0 Å². The molecule has 1 saturated heterocycles. The number of phosphoric ester groups is 1. The lowest BCUT2D eigenvalue weighted by Crippen LogP contribution is -2.35. The molecule has 1 aliphatic rings. The van der Waals surface area contributed by atoms with Gasteiger partial charge in [-0.25, -0.2) is 13.7 Å². The Morgan fingerprint density at radius 3 is 2.09 bits per heavy atom. The van der Waals surface area contributed by atoms with Crippen LogP contribution in [0.1, 0.15) is 0 Å². The Bertz CT molecular complexity index is 548. The number of methoxy groups -OCH3 is 1. The second-order valence-corrected chi connectivity index (χ2v) is 8.88. The van der Waals surface area contributed by atoms with Crippen LogP contribution >= 0.6 is 23.5 Å². The van der Waals surface area contributed by atoms with Crippen molar-refractivity contribution in [1.29, 1.82) is 0 Å². The summed E-state index contributed by atoms with van der Waals surface area (Å²) in [5, 5.41) is 9.83. The van der Waals surface area contributed by atoms with Crippen LogP contribution in [-0.4, -0.2) is 70.6 Å². The fourth-order valence-corrected chi connectivity index (χ4v) is 4.89. The van der Waals surface area contributed by atoms with Crippen LogP contribution in [0.2, 0.25) is 0 Å². The zero-order valence-corrected chi connectivity index (χ0v) is 14.5. The Hall–Kier alpha value is 0.355. The average molecular weight is 400 g/mol. The van der Waals surface area contributed by atoms with E-state index in [9.17, 15) is 23.7 Å². The van der Waals surface area contributed by atoms with Crippen molar-refractivity contribution in [2.24, 2.45) is 0 Å². The molecule has 136 valence electrons. The van der Waals surface area contributed by atoms with Crippen molar-refractivity contribution in [3.05, 3.63) is 0 Å². The fraction of sp³-hybridized carbons (Fsp3) is 1.00. The van der Waals surface area contributed by atoms with E-state index in [1.807, 2.05) is 0 Å². The average Bonchev–Trinajstić information content (AvgIpc) is 2.56. The highest BCUT2D eigenvalue weighted by molar-refractivity contribution is 7.66. The molecule has 5 N–H and O–H groups in total. The summed E-state index contributed by atoms with van der Waals surface area (Å²) in [5.41, 5.74) is 0. The van der Waals surface area contributed by atoms with Crippen molar-refractivity contribution in [3.63, 3.8) is 0 Å². The van der Waals surface area contributed by atoms with Gasteiger partial charge >= 0.3 is 23.5 Å². The first-order valence-corrected chi connectivity index (χ1v) is 10.4. The molecule has 17 heteroatoms. The van der Waals surface area contributed by atoms with Crippen molar-refractivity contribution in [2.75, 3.05) is 13.7 Å². The van der Waals surface area contributed by atoms with Gasteiger partial charge in [0.15, 0.2) is 0 Å². The quantitative estimate of drug-likeness (QED) is 0.223. The molecule has 6 atom stereocenters. The molecule has 0 amide bonds. The topological polar surface area (TPSA) is 199 Å². The second kappa shape index (κ2) is 7.71. The lowest BCUT2D eigenvalue weighted by molar-refractivity contribution is -0.0143. The molecule has 0 aliphatic carbocycles. The predicted octanol–water partition coefficient (Wildman–Crippen LogP) is -1.94. The lowest BCUT2D eigenvalue weighted by atomic mass is 9.93. The number of aliphatic hydroxyl groups is 1. The van der Waals surface area contributed by atoms with Gasteiger partial charge in [0.1, 0.15) is 26.2 Å². The summed E-state index contributed by atoms with van der Waals surface area (Å²) in [7, 11) is -13.4. The number of ether oxygens (including phenoxy) is 2. The summed E-state index contributed by atoms with van der Waals surface area (Å²) in [6.45, 7) is -0.727. The molecular weight excluding hydrogens is 384 g/mol. The first kappa shape index (κ1) is 21.4. The standard InChI is InChI=1S/C6H16BO13P3/c1-16-5-4(8)3(18-6(5)7)2-17-22(12,13)20-23(14,15)19-21(9,10)11/h3-6,8H,2,7H2,1H3,(H,12,13)(H,14,15)(H2,9,10,11)/t3-,4?,5+,6-/m1/s1. The summed E-state index contributed by atoms with van der Waals surface area (Å²) >= 11 is 0. The number of hydrogen-bond acceptors (Lipinski definition) is 9. The predicted molar refractivity (Wildman–Crippen MR) is 73.8 cm³/mol. The Labute approximate surface area is 131 Å². The minimum absolute atomic E-state index is 0.551. The molecule has 0 spiro atoms. The Morgan fingerprint density at radius 1 is 1.09 bits per heavy atom. The molecule has 0 bridgehead atoms. The second-order valence-electron chi connectivity index (χ2n) is 4.46. The van der Waals surface area contributed by atoms with Gasteiger partial charge in [-0.1, -0.05) is 0 Å². The number of rotatable bonds is 8. The molecule has 0 aromatic carbocycles. The van der Waals surface area contributed by atoms with E-state index in [4.69, 9.17) is 24.2 Å². The van der Waals surface area contributed by atoms with E-state index in [2.05, 4.69) is 13.1 Å². The minimum Gasteiger partial charge on any atom is -0.388 e. The van der Waals surface area contributed by atoms with Gasteiger partial charge in [0.05, 0.1) is 12.6 Å². The Morgan fingerprint density at radius 2 is 1.65 bits per heavy atom. The smallest absolute Gasteiger partial charge is 0.388 e. The molecular formula is C6H16BO13P3. The van der Waals surface area contributed by atoms with Crippen LogP contribution in [0.15, 0.2) is 0 Å². The number of aliphatic hydroxyl groups excluding tert-OH is 1. The molecule has 0 radical (unpaired) electrons. The van der Waals surface area contributed by atoms with Crippen LogP contribution in [0.5, 0.6) is 0 Å². The van der Waals surface area contributed by atoms with Gasteiger partial charge in [-0.2, -0.15) is 8.62 Å². The monoisotopic (exact) mass is 400 g/mol. The van der Waals surface area contributed by atoms with Crippen LogP contribution in [-0.2, 0) is 36.3 Å². The van der Waals surface area contributed by atoms with E-state index in [0.717, 1.165) is 0 Å². The van der Waals surface area contributed by atoms with Gasteiger partial charge in [0.2, 0.25) is 0 Å². The normalized spacial score (nSPS) is 34.0. The molecule has 1 fully saturated rings. The fourth-order valence-electron chi connectivity index (χ4n) is 1.86. The molecule has 0 aromatic heterocycles. The van der Waals surface area contributed by atoms with E-state index < -0.39 is 54.4 Å². The van der Waals surface area contributed by atoms with Crippen LogP contribution in [0.3, 0.4) is 0 Å². The first-order chi connectivity index (χ1) is 10.3. The van der Waals surface area contributed by atoms with Gasteiger partial charge in [-0.05, 0) is 0 Å². The van der Waals surface area contributed by atoms with Crippen molar-refractivity contribution in [3.8, 4) is 0 Å². The highest BCUT2D eigenvalue weighted by atomic mass is 31.3. The zero-order valence-electron chi connectivity index (χ0n) is 11.9. The first-order valence-electron chi connectivity index (χ1n) is 5.91. The molecule has 1 heterocycles. The van der Waals surface area contributed by atoms with Crippen molar-refractivity contribution >= 4 is 31.3 Å². The van der Waals surface area contributed by atoms with E-state index >= 15 is 0 Å². The van der Waals surface area contributed by atoms with E-state index in [1.165, 1.54) is 7.11 Å². The van der Waals surface area contributed by atoms with Crippen LogP contribution in [0, 0.1) is 0 Å². The zero-order chi connectivity index (χ0) is 18.1. The molecule has 0 saturated carbocycles. The number of phosphoric acid groups is 3. The maximum Gasteiger partial charge on any atom is 0.490 e. The molecule has 1 aliphatic heterocycles. The maximum absolute atomic E-state index is 11.5. The van der Waals surface area contributed by atoms with Gasteiger partial charge in [-0.15, -0.1) is 0 Å². The molecule has 0 aromatic rings. The van der Waals surface area contributed by atoms with Crippen molar-refractivity contribution < 1.29 is 61.0 Å². The summed E-state index contributed by atoms with van der Waals surface area (Å²) in [6, 6.07) is -0.551. The highest BCUT2D eigenvalue weighted by Gasteiger charge is 2.44. The third-order valence-corrected chi connectivity index (χ3v) is 6.46. The molecule has 1 rings (SSSR count). The SMILES string of the molecule is B[C@@H]1O[C@H](COP(=O)(O)OP(=O)(O)OP(=O)(O)O)C(O)[C@@H]1OC. The van der Waals surface area contributed by atoms with Crippen molar-refractivity contribution in [1.82, 2.24) is 0 Å². The summed E-state index contributed by atoms with van der Waals surface area (Å²) < 4.78 is 54.6. The van der Waals surface area contributed by atoms with Gasteiger partial charge in [0.25, 0.3) is 0 Å². The number of hydrogen-bond donors (Lipinski definition) is 5. The minimum atomic E-state index is -5.57. The Kier molecular flexibility index (Phi) is 7.18. The third-order valence-electron chi connectivity index (χ3n) is 2.66. The summed E-state index contributed by atoms with van der Waals surface area (Å²) in [4.78, 5) is 35.0. The third kappa shape index (κ3) is 7.01. The molecule has 13 nitrogen and oxygen atoms in total. The molecule has 23 heavy (non-hydrogen) atoms. The maximum atomic E-state index is 11.5. The van der Waals surface area contributed by atoms with E-state index in [1.54, 1.807) is 7.85 Å². The lowest BCUT2D eigenvalue weighted by Gasteiger charge is -2.19. The van der Waals surface area contributed by atoms with Gasteiger partial charge in [-0.3, -0.25) is 4.52 Å². The Balaban J connectivity index is 2.61. The van der Waals surface area contributed by atoms with Gasteiger partial charge in [0, 0.05) is 7.11 Å². The molecule has 3 unspecified atom stereocenters. The summed E-state index contributed by atoms with van der Waals surface area (Å²) in [5.74, 6) is 0. The van der Waals surface area contributed by atoms with Crippen LogP contribution in [0.4, 0.5) is 0 Å². The summed E-state index contributed by atoms with van der Waals surface area (Å²) in [6.07, 6.45) is -3.02. The van der Waals surface area contributed by atoms with Crippen LogP contribution < -0.4 is 0 Å². The van der Waals surface area contributed by atoms with Crippen LogP contribution in [0.25, 0.3) is 0 Å². The highest BCUT2D eigenvalue weighted by Crippen LogP contribution is 2.66. The van der Waals surface area contributed by atoms with E-state index in [-0.39, 0.29) is 0 Å². The van der Waals surface area contributed by atoms with Gasteiger partial charge < -0.3 is 34.2 Å². The van der Waals surface area contributed by atoms with Crippen molar-refractivity contribution in [2.45, 2.75) is 24.3 Å². The largest absolute Gasteiger partial charge is 0.490 e.